The van der Waals surface area contributed by atoms with Gasteiger partial charge in [-0.25, -0.2) is 0 Å². The number of hydrogen-bond donors (Lipinski definition) is 2. The van der Waals surface area contributed by atoms with E-state index in [9.17, 15) is 0 Å². The number of aliphatic hydroxyl groups excluding tert-OH is 1. The third-order valence-electron chi connectivity index (χ3n) is 2.63. The molecule has 2 atom stereocenters. The molecule has 4 nitrogen and oxygen atoms in total. The highest BCUT2D eigenvalue weighted by atomic mass is 16.5. The topological polar surface area (TPSA) is 79.3 Å². The Morgan fingerprint density at radius 1 is 1.44 bits per heavy atom. The Bertz CT molecular complexity index is 407. The summed E-state index contributed by atoms with van der Waals surface area (Å²) in [4.78, 5) is 0. The molecule has 4 heteroatoms. The minimum absolute atomic E-state index is 0.122. The monoisotopic (exact) mass is 248 g/mol. The lowest BCUT2D eigenvalue weighted by Crippen LogP contribution is -2.38. The van der Waals surface area contributed by atoms with E-state index in [1.54, 1.807) is 6.92 Å². The molecule has 0 spiro atoms. The second kappa shape index (κ2) is 6.39. The molecule has 0 amide bonds. The third-order valence-corrected chi connectivity index (χ3v) is 2.63. The summed E-state index contributed by atoms with van der Waals surface area (Å²) in [5.74, 6) is 0.748. The van der Waals surface area contributed by atoms with Crippen molar-refractivity contribution in [3.05, 3.63) is 29.8 Å². The number of nitriles is 1. The lowest BCUT2D eigenvalue weighted by Gasteiger charge is -2.21. The van der Waals surface area contributed by atoms with Crippen LogP contribution in [0.15, 0.2) is 24.3 Å². The summed E-state index contributed by atoms with van der Waals surface area (Å²) in [5, 5.41) is 17.7. The van der Waals surface area contributed by atoms with Gasteiger partial charge in [-0.15, -0.1) is 0 Å². The van der Waals surface area contributed by atoms with Gasteiger partial charge in [0.1, 0.15) is 11.3 Å². The molecule has 18 heavy (non-hydrogen) atoms. The number of aliphatic hydroxyl groups is 1. The zero-order valence-corrected chi connectivity index (χ0v) is 10.9. The Kier molecular flexibility index (Phi) is 5.14. The lowest BCUT2D eigenvalue weighted by atomic mass is 9.98. The second-order valence-corrected chi connectivity index (χ2v) is 4.78. The van der Waals surface area contributed by atoms with Crippen LogP contribution in [0.5, 0.6) is 5.75 Å². The molecule has 0 aliphatic rings. The lowest BCUT2D eigenvalue weighted by molar-refractivity contribution is 0.191. The van der Waals surface area contributed by atoms with Crippen LogP contribution in [0.2, 0.25) is 0 Å². The Labute approximate surface area is 108 Å². The predicted octanol–water partition coefficient (Wildman–Crippen LogP) is 1.62. The SMILES string of the molecule is CC(CC(C)(N)C#N)Oc1ccc(CCO)cc1. The van der Waals surface area contributed by atoms with Crippen molar-refractivity contribution in [1.82, 2.24) is 0 Å². The van der Waals surface area contributed by atoms with E-state index in [4.69, 9.17) is 20.8 Å². The molecule has 0 aliphatic carbocycles. The van der Waals surface area contributed by atoms with Gasteiger partial charge < -0.3 is 15.6 Å². The van der Waals surface area contributed by atoms with Crippen molar-refractivity contribution in [1.29, 1.82) is 5.26 Å². The van der Waals surface area contributed by atoms with Crippen molar-refractivity contribution in [2.24, 2.45) is 5.73 Å². The Balaban J connectivity index is 2.55. The molecule has 0 radical (unpaired) electrons. The van der Waals surface area contributed by atoms with Crippen LogP contribution in [-0.2, 0) is 6.42 Å². The zero-order chi connectivity index (χ0) is 13.6. The number of benzene rings is 1. The first-order chi connectivity index (χ1) is 8.46. The van der Waals surface area contributed by atoms with E-state index < -0.39 is 5.54 Å². The summed E-state index contributed by atoms with van der Waals surface area (Å²) in [6.07, 6.45) is 0.996. The fourth-order valence-corrected chi connectivity index (χ4v) is 1.78. The van der Waals surface area contributed by atoms with Gasteiger partial charge in [0.2, 0.25) is 0 Å². The summed E-state index contributed by atoms with van der Waals surface area (Å²) in [6, 6.07) is 9.62. The Hall–Kier alpha value is -1.57. The number of nitrogens with zero attached hydrogens (tertiary/aromatic N) is 1. The average molecular weight is 248 g/mol. The van der Waals surface area contributed by atoms with Crippen LogP contribution in [0.25, 0.3) is 0 Å². The van der Waals surface area contributed by atoms with Gasteiger partial charge in [-0.2, -0.15) is 5.26 Å². The molecule has 1 aromatic carbocycles. The van der Waals surface area contributed by atoms with E-state index >= 15 is 0 Å². The van der Waals surface area contributed by atoms with E-state index in [1.807, 2.05) is 31.2 Å². The second-order valence-electron chi connectivity index (χ2n) is 4.78. The van der Waals surface area contributed by atoms with Gasteiger partial charge >= 0.3 is 0 Å². The highest BCUT2D eigenvalue weighted by Gasteiger charge is 2.21. The van der Waals surface area contributed by atoms with Crippen molar-refractivity contribution in [3.8, 4) is 11.8 Å². The van der Waals surface area contributed by atoms with Gasteiger partial charge in [0, 0.05) is 13.0 Å². The summed E-state index contributed by atoms with van der Waals surface area (Å²) in [7, 11) is 0. The maximum Gasteiger partial charge on any atom is 0.119 e. The highest BCUT2D eigenvalue weighted by molar-refractivity contribution is 5.27. The van der Waals surface area contributed by atoms with E-state index in [1.165, 1.54) is 0 Å². The molecular formula is C14H20N2O2. The van der Waals surface area contributed by atoms with Gasteiger partial charge in [-0.3, -0.25) is 0 Å². The Morgan fingerprint density at radius 2 is 2.06 bits per heavy atom. The van der Waals surface area contributed by atoms with Crippen LogP contribution in [0.1, 0.15) is 25.8 Å². The van der Waals surface area contributed by atoms with E-state index in [0.717, 1.165) is 11.3 Å². The summed E-state index contributed by atoms with van der Waals surface area (Å²) in [6.45, 7) is 3.73. The fraction of sp³-hybridized carbons (Fsp3) is 0.500. The number of rotatable bonds is 6. The molecule has 0 fully saturated rings. The van der Waals surface area contributed by atoms with E-state index in [0.29, 0.717) is 12.8 Å². The van der Waals surface area contributed by atoms with Crippen molar-refractivity contribution >= 4 is 0 Å². The smallest absolute Gasteiger partial charge is 0.119 e. The number of ether oxygens (including phenoxy) is 1. The zero-order valence-electron chi connectivity index (χ0n) is 10.9. The summed E-state index contributed by atoms with van der Waals surface area (Å²) in [5.41, 5.74) is 5.97. The third kappa shape index (κ3) is 4.74. The summed E-state index contributed by atoms with van der Waals surface area (Å²) >= 11 is 0. The molecule has 1 aromatic rings. The van der Waals surface area contributed by atoms with Crippen LogP contribution < -0.4 is 10.5 Å². The van der Waals surface area contributed by atoms with Gasteiger partial charge in [0.15, 0.2) is 0 Å². The first-order valence-electron chi connectivity index (χ1n) is 6.03. The van der Waals surface area contributed by atoms with E-state index in [-0.39, 0.29) is 12.7 Å². The van der Waals surface area contributed by atoms with Crippen molar-refractivity contribution < 1.29 is 9.84 Å². The van der Waals surface area contributed by atoms with Gasteiger partial charge in [0.05, 0.1) is 12.2 Å². The van der Waals surface area contributed by atoms with Gasteiger partial charge in [-0.1, -0.05) is 12.1 Å². The molecule has 0 aromatic heterocycles. The van der Waals surface area contributed by atoms with Crippen LogP contribution >= 0.6 is 0 Å². The minimum Gasteiger partial charge on any atom is -0.491 e. The summed E-state index contributed by atoms with van der Waals surface area (Å²) < 4.78 is 5.69. The predicted molar refractivity (Wildman–Crippen MR) is 70.1 cm³/mol. The van der Waals surface area contributed by atoms with Crippen LogP contribution in [0.3, 0.4) is 0 Å². The molecule has 0 saturated heterocycles. The number of hydrogen-bond acceptors (Lipinski definition) is 4. The van der Waals surface area contributed by atoms with Crippen LogP contribution in [0, 0.1) is 11.3 Å². The van der Waals surface area contributed by atoms with Crippen molar-refractivity contribution in [2.45, 2.75) is 38.3 Å². The first-order valence-corrected chi connectivity index (χ1v) is 6.03. The molecule has 0 bridgehead atoms. The Morgan fingerprint density at radius 3 is 2.56 bits per heavy atom. The first kappa shape index (κ1) is 14.5. The van der Waals surface area contributed by atoms with Crippen LogP contribution in [0.4, 0.5) is 0 Å². The normalized spacial score (nSPS) is 15.5. The molecule has 2 unspecified atom stereocenters. The fourth-order valence-electron chi connectivity index (χ4n) is 1.78. The highest BCUT2D eigenvalue weighted by Crippen LogP contribution is 2.17. The molecule has 0 saturated carbocycles. The minimum atomic E-state index is -0.865. The van der Waals surface area contributed by atoms with E-state index in [2.05, 4.69) is 6.07 Å². The molecule has 0 aliphatic heterocycles. The molecular weight excluding hydrogens is 228 g/mol. The van der Waals surface area contributed by atoms with Gasteiger partial charge in [-0.05, 0) is 38.0 Å². The largest absolute Gasteiger partial charge is 0.491 e. The van der Waals surface area contributed by atoms with Gasteiger partial charge in [0.25, 0.3) is 0 Å². The maximum atomic E-state index is 8.85. The standard InChI is InChI=1S/C14H20N2O2/c1-11(9-14(2,16)10-15)18-13-5-3-12(4-6-13)7-8-17/h3-6,11,17H,7-9,16H2,1-2H3. The molecule has 1 rings (SSSR count). The molecule has 98 valence electrons. The maximum absolute atomic E-state index is 8.85. The number of nitrogens with two attached hydrogens (primary N) is 1. The quantitative estimate of drug-likeness (QED) is 0.801. The molecule has 3 N–H and O–H groups in total. The van der Waals surface area contributed by atoms with Crippen LogP contribution in [-0.4, -0.2) is 23.4 Å². The average Bonchev–Trinajstić information content (AvgIpc) is 2.31. The van der Waals surface area contributed by atoms with Crippen molar-refractivity contribution in [3.63, 3.8) is 0 Å². The molecule has 0 heterocycles. The van der Waals surface area contributed by atoms with Crippen molar-refractivity contribution in [2.75, 3.05) is 6.61 Å².